The van der Waals surface area contributed by atoms with Gasteiger partial charge in [0.2, 0.25) is 0 Å². The Bertz CT molecular complexity index is 689. The fourth-order valence-electron chi connectivity index (χ4n) is 2.10. The van der Waals surface area contributed by atoms with Crippen LogP contribution in [0.15, 0.2) is 36.7 Å². The van der Waals surface area contributed by atoms with Crippen LogP contribution in [0.1, 0.15) is 22.8 Å². The van der Waals surface area contributed by atoms with Crippen LogP contribution < -0.4 is 9.47 Å². The minimum absolute atomic E-state index is 0.0729. The summed E-state index contributed by atoms with van der Waals surface area (Å²) in [7, 11) is 0. The van der Waals surface area contributed by atoms with Gasteiger partial charge in [0.1, 0.15) is 13.2 Å². The van der Waals surface area contributed by atoms with Crippen molar-refractivity contribution >= 4 is 11.9 Å². The molecule has 5 nitrogen and oxygen atoms in total. The van der Waals surface area contributed by atoms with E-state index in [0.29, 0.717) is 30.3 Å². The lowest BCUT2D eigenvalue weighted by Gasteiger charge is -2.18. The van der Waals surface area contributed by atoms with E-state index in [4.69, 9.17) is 9.47 Å². The van der Waals surface area contributed by atoms with Crippen molar-refractivity contribution in [2.24, 2.45) is 0 Å². The number of benzene rings is 1. The first kappa shape index (κ1) is 13.4. The summed E-state index contributed by atoms with van der Waals surface area (Å²) in [4.78, 5) is 12.2. The first-order valence-corrected chi connectivity index (χ1v) is 6.91. The topological polar surface area (TPSA) is 53.4 Å². The first-order chi connectivity index (χ1) is 10.3. The summed E-state index contributed by atoms with van der Waals surface area (Å²) in [5.41, 5.74) is 1.49. The largest absolute Gasteiger partial charge is 0.486 e. The average molecular weight is 284 g/mol. The molecule has 0 unspecified atom stereocenters. The molecule has 0 atom stereocenters. The lowest BCUT2D eigenvalue weighted by molar-refractivity contribution is 0.104. The zero-order valence-electron chi connectivity index (χ0n) is 11.8. The van der Waals surface area contributed by atoms with E-state index in [2.05, 4.69) is 5.10 Å². The number of fused-ring (bicyclic) bond motifs is 1. The molecule has 0 saturated heterocycles. The van der Waals surface area contributed by atoms with Crippen LogP contribution in [0, 0.1) is 0 Å². The summed E-state index contributed by atoms with van der Waals surface area (Å²) in [6.07, 6.45) is 6.94. The van der Waals surface area contributed by atoms with Gasteiger partial charge in [-0.3, -0.25) is 9.48 Å². The Kier molecular flexibility index (Phi) is 3.73. The second-order valence-corrected chi connectivity index (χ2v) is 4.69. The minimum Gasteiger partial charge on any atom is -0.486 e. The normalized spacial score (nSPS) is 13.6. The molecule has 1 aliphatic rings. The highest BCUT2D eigenvalue weighted by Gasteiger charge is 2.13. The molecular weight excluding hydrogens is 268 g/mol. The molecule has 0 N–H and O–H groups in total. The molecule has 3 rings (SSSR count). The molecule has 108 valence electrons. The maximum Gasteiger partial charge on any atom is 0.185 e. The van der Waals surface area contributed by atoms with Crippen molar-refractivity contribution in [3.63, 3.8) is 0 Å². The highest BCUT2D eigenvalue weighted by atomic mass is 16.6. The SMILES string of the molecule is CCn1cc(/C=C\C(=O)c2ccc3c(c2)OCCO3)cn1. The number of rotatable bonds is 4. The number of nitrogens with zero attached hydrogens (tertiary/aromatic N) is 2. The van der Waals surface area contributed by atoms with Gasteiger partial charge >= 0.3 is 0 Å². The molecule has 1 aromatic carbocycles. The van der Waals surface area contributed by atoms with E-state index in [1.165, 1.54) is 0 Å². The van der Waals surface area contributed by atoms with Gasteiger partial charge in [0.25, 0.3) is 0 Å². The van der Waals surface area contributed by atoms with E-state index in [0.717, 1.165) is 12.1 Å². The summed E-state index contributed by atoms with van der Waals surface area (Å²) < 4.78 is 12.7. The summed E-state index contributed by atoms with van der Waals surface area (Å²) in [5, 5.41) is 4.16. The van der Waals surface area contributed by atoms with E-state index in [-0.39, 0.29) is 5.78 Å². The molecule has 0 amide bonds. The van der Waals surface area contributed by atoms with Crippen LogP contribution in [0.2, 0.25) is 0 Å². The highest BCUT2D eigenvalue weighted by molar-refractivity contribution is 6.07. The average Bonchev–Trinajstić information content (AvgIpc) is 3.00. The fraction of sp³-hybridized carbons (Fsp3) is 0.250. The Balaban J connectivity index is 1.75. The smallest absolute Gasteiger partial charge is 0.185 e. The molecule has 0 spiro atoms. The van der Waals surface area contributed by atoms with Crippen molar-refractivity contribution in [1.29, 1.82) is 0 Å². The highest BCUT2D eigenvalue weighted by Crippen LogP contribution is 2.30. The molecule has 0 bridgehead atoms. The number of aromatic nitrogens is 2. The Morgan fingerprint density at radius 3 is 2.90 bits per heavy atom. The second kappa shape index (κ2) is 5.83. The third kappa shape index (κ3) is 2.97. The van der Waals surface area contributed by atoms with Crippen molar-refractivity contribution < 1.29 is 14.3 Å². The van der Waals surface area contributed by atoms with Crippen molar-refractivity contribution in [3.8, 4) is 11.5 Å². The molecule has 0 aliphatic carbocycles. The van der Waals surface area contributed by atoms with Crippen LogP contribution in [0.3, 0.4) is 0 Å². The molecule has 0 radical (unpaired) electrons. The standard InChI is InChI=1S/C16H16N2O3/c1-2-18-11-12(10-17-18)3-5-14(19)13-4-6-15-16(9-13)21-8-7-20-15/h3-6,9-11H,2,7-8H2,1H3/b5-3-. The quantitative estimate of drug-likeness (QED) is 0.639. The van der Waals surface area contributed by atoms with Crippen molar-refractivity contribution in [2.75, 3.05) is 13.2 Å². The maximum atomic E-state index is 12.2. The minimum atomic E-state index is -0.0729. The van der Waals surface area contributed by atoms with Gasteiger partial charge in [-0.05, 0) is 37.3 Å². The van der Waals surface area contributed by atoms with Gasteiger partial charge < -0.3 is 9.47 Å². The fourth-order valence-corrected chi connectivity index (χ4v) is 2.10. The van der Waals surface area contributed by atoms with Gasteiger partial charge in [-0.15, -0.1) is 0 Å². The van der Waals surface area contributed by atoms with Crippen molar-refractivity contribution in [1.82, 2.24) is 9.78 Å². The number of ether oxygens (including phenoxy) is 2. The van der Waals surface area contributed by atoms with Crippen LogP contribution in [-0.2, 0) is 6.54 Å². The summed E-state index contributed by atoms with van der Waals surface area (Å²) in [6, 6.07) is 5.23. The summed E-state index contributed by atoms with van der Waals surface area (Å²) >= 11 is 0. The molecule has 2 heterocycles. The lowest BCUT2D eigenvalue weighted by Crippen LogP contribution is -2.15. The molecular formula is C16H16N2O3. The van der Waals surface area contributed by atoms with Gasteiger partial charge in [0.15, 0.2) is 17.3 Å². The van der Waals surface area contributed by atoms with Crippen molar-refractivity contribution in [3.05, 3.63) is 47.8 Å². The first-order valence-electron chi connectivity index (χ1n) is 6.91. The van der Waals surface area contributed by atoms with E-state index in [1.54, 1.807) is 36.5 Å². The van der Waals surface area contributed by atoms with Crippen molar-refractivity contribution in [2.45, 2.75) is 13.5 Å². The number of ketones is 1. The Hall–Kier alpha value is -2.56. The monoisotopic (exact) mass is 284 g/mol. The van der Waals surface area contributed by atoms with Gasteiger partial charge in [0, 0.05) is 23.9 Å². The molecule has 0 saturated carbocycles. The van der Waals surface area contributed by atoms with Crippen LogP contribution in [0.25, 0.3) is 6.08 Å². The lowest BCUT2D eigenvalue weighted by atomic mass is 10.1. The van der Waals surface area contributed by atoms with E-state index < -0.39 is 0 Å². The number of carbonyl (C=O) groups is 1. The molecule has 1 aromatic heterocycles. The molecule has 1 aliphatic heterocycles. The molecule has 2 aromatic rings. The van der Waals surface area contributed by atoms with Gasteiger partial charge in [-0.1, -0.05) is 0 Å². The van der Waals surface area contributed by atoms with E-state index in [9.17, 15) is 4.79 Å². The molecule has 21 heavy (non-hydrogen) atoms. The van der Waals surface area contributed by atoms with Crippen LogP contribution in [-0.4, -0.2) is 28.8 Å². The maximum absolute atomic E-state index is 12.2. The number of aryl methyl sites for hydroxylation is 1. The zero-order valence-corrected chi connectivity index (χ0v) is 11.8. The predicted octanol–water partition coefficient (Wildman–Crippen LogP) is 2.57. The Labute approximate surface area is 122 Å². The zero-order chi connectivity index (χ0) is 14.7. The number of carbonyl (C=O) groups excluding carboxylic acids is 1. The van der Waals surface area contributed by atoms with Crippen LogP contribution in [0.4, 0.5) is 0 Å². The van der Waals surface area contributed by atoms with Gasteiger partial charge in [-0.25, -0.2) is 0 Å². The van der Waals surface area contributed by atoms with Crippen LogP contribution >= 0.6 is 0 Å². The Morgan fingerprint density at radius 2 is 2.14 bits per heavy atom. The molecule has 0 fully saturated rings. The van der Waals surface area contributed by atoms with Gasteiger partial charge in [0.05, 0.1) is 6.20 Å². The Morgan fingerprint density at radius 1 is 1.33 bits per heavy atom. The predicted molar refractivity (Wildman–Crippen MR) is 78.7 cm³/mol. The number of hydrogen-bond acceptors (Lipinski definition) is 4. The van der Waals surface area contributed by atoms with E-state index >= 15 is 0 Å². The third-order valence-electron chi connectivity index (χ3n) is 3.23. The van der Waals surface area contributed by atoms with Gasteiger partial charge in [-0.2, -0.15) is 5.10 Å². The second-order valence-electron chi connectivity index (χ2n) is 4.69. The van der Waals surface area contributed by atoms with Crippen LogP contribution in [0.5, 0.6) is 11.5 Å². The number of allylic oxidation sites excluding steroid dienone is 1. The molecule has 5 heteroatoms. The van der Waals surface area contributed by atoms with E-state index in [1.807, 2.05) is 17.8 Å². The summed E-state index contributed by atoms with van der Waals surface area (Å²) in [5.74, 6) is 1.24. The third-order valence-corrected chi connectivity index (χ3v) is 3.23. The number of hydrogen-bond donors (Lipinski definition) is 0. The summed E-state index contributed by atoms with van der Waals surface area (Å²) in [6.45, 7) is 3.88.